The Kier molecular flexibility index (Phi) is 4.91. The van der Waals surface area contributed by atoms with Gasteiger partial charge in [-0.2, -0.15) is 0 Å². The van der Waals surface area contributed by atoms with E-state index in [0.29, 0.717) is 10.8 Å². The van der Waals surface area contributed by atoms with E-state index in [1.165, 1.54) is 28.8 Å². The summed E-state index contributed by atoms with van der Waals surface area (Å²) in [6.45, 7) is 6.23. The lowest BCUT2D eigenvalue weighted by molar-refractivity contribution is 0.628. The molecule has 0 bridgehead atoms. The third-order valence-electron chi connectivity index (χ3n) is 3.46. The van der Waals surface area contributed by atoms with Crippen molar-refractivity contribution in [2.75, 3.05) is 5.32 Å². The van der Waals surface area contributed by atoms with Crippen LogP contribution in [-0.2, 0) is 0 Å². The first kappa shape index (κ1) is 15.4. The van der Waals surface area contributed by atoms with Crippen LogP contribution in [-0.4, -0.2) is 5.11 Å². The van der Waals surface area contributed by atoms with Gasteiger partial charge in [-0.3, -0.25) is 0 Å². The van der Waals surface area contributed by atoms with E-state index < -0.39 is 0 Å². The van der Waals surface area contributed by atoms with Crippen LogP contribution in [0.2, 0.25) is 0 Å². The van der Waals surface area contributed by atoms with E-state index in [1.807, 2.05) is 6.92 Å². The van der Waals surface area contributed by atoms with Gasteiger partial charge in [-0.15, -0.1) is 0 Å². The van der Waals surface area contributed by atoms with Crippen LogP contribution in [0.5, 0.6) is 0 Å². The van der Waals surface area contributed by atoms with E-state index in [0.717, 1.165) is 0 Å². The molecule has 0 aliphatic rings. The predicted molar refractivity (Wildman–Crippen MR) is 90.1 cm³/mol. The van der Waals surface area contributed by atoms with Crippen molar-refractivity contribution in [3.05, 3.63) is 65.0 Å². The van der Waals surface area contributed by atoms with Gasteiger partial charge in [0.25, 0.3) is 0 Å². The minimum Gasteiger partial charge on any atom is -0.356 e. The van der Waals surface area contributed by atoms with E-state index in [4.69, 9.17) is 12.2 Å². The number of halogens is 1. The number of rotatable bonds is 3. The molecule has 110 valence electrons. The third-order valence-corrected chi connectivity index (χ3v) is 3.68. The monoisotopic (exact) mass is 302 g/mol. The summed E-state index contributed by atoms with van der Waals surface area (Å²) in [5.41, 5.74) is 4.33. The van der Waals surface area contributed by atoms with E-state index in [9.17, 15) is 4.39 Å². The number of hydrogen-bond donors (Lipinski definition) is 2. The van der Waals surface area contributed by atoms with Gasteiger partial charge in [-0.25, -0.2) is 4.39 Å². The minimum absolute atomic E-state index is 0.0814. The standard InChI is InChI=1S/C17H19FN2S/c1-11-7-8-14(9-12(11)2)13(3)19-17(21)20-16-6-4-5-15(18)10-16/h4-10,13H,1-3H3,(H2,19,20,21)/t13-/m1/s1. The molecule has 2 aromatic carbocycles. The molecule has 0 aliphatic carbocycles. The first-order chi connectivity index (χ1) is 9.95. The molecule has 4 heteroatoms. The Balaban J connectivity index is 2.00. The zero-order valence-electron chi connectivity index (χ0n) is 12.4. The number of benzene rings is 2. The second-order valence-corrected chi connectivity index (χ2v) is 5.58. The average Bonchev–Trinajstić information content (AvgIpc) is 2.41. The number of nitrogens with one attached hydrogen (secondary N) is 2. The number of thiocarbonyl (C=S) groups is 1. The molecule has 0 saturated carbocycles. The smallest absolute Gasteiger partial charge is 0.171 e. The normalized spacial score (nSPS) is 11.8. The molecule has 1 atom stereocenters. The fourth-order valence-electron chi connectivity index (χ4n) is 2.05. The summed E-state index contributed by atoms with van der Waals surface area (Å²) in [5, 5.41) is 6.68. The molecular weight excluding hydrogens is 283 g/mol. The third kappa shape index (κ3) is 4.26. The van der Waals surface area contributed by atoms with Crippen LogP contribution in [0.4, 0.5) is 10.1 Å². The molecule has 0 unspecified atom stereocenters. The van der Waals surface area contributed by atoms with Gasteiger partial charge in [-0.05, 0) is 67.9 Å². The molecule has 0 heterocycles. The fraction of sp³-hybridized carbons (Fsp3) is 0.235. The lowest BCUT2D eigenvalue weighted by Gasteiger charge is -2.18. The van der Waals surface area contributed by atoms with Crippen LogP contribution >= 0.6 is 12.2 Å². The molecule has 0 radical (unpaired) electrons. The van der Waals surface area contributed by atoms with E-state index in [2.05, 4.69) is 42.7 Å². The highest BCUT2D eigenvalue weighted by atomic mass is 32.1. The Morgan fingerprint density at radius 3 is 2.52 bits per heavy atom. The predicted octanol–water partition coefficient (Wildman–Crippen LogP) is 4.49. The van der Waals surface area contributed by atoms with Crippen LogP contribution in [0.3, 0.4) is 0 Å². The molecule has 0 amide bonds. The van der Waals surface area contributed by atoms with Crippen molar-refractivity contribution < 1.29 is 4.39 Å². The maximum atomic E-state index is 13.1. The fourth-order valence-corrected chi connectivity index (χ4v) is 2.34. The zero-order valence-corrected chi connectivity index (χ0v) is 13.2. The highest BCUT2D eigenvalue weighted by Gasteiger charge is 2.08. The second kappa shape index (κ2) is 6.68. The average molecular weight is 302 g/mol. The van der Waals surface area contributed by atoms with Gasteiger partial charge in [-0.1, -0.05) is 24.3 Å². The van der Waals surface area contributed by atoms with Crippen LogP contribution in [0.15, 0.2) is 42.5 Å². The molecule has 2 nitrogen and oxygen atoms in total. The zero-order chi connectivity index (χ0) is 15.4. The Bertz CT molecular complexity index is 655. The molecule has 2 N–H and O–H groups in total. The van der Waals surface area contributed by atoms with Crippen LogP contribution < -0.4 is 10.6 Å². The molecule has 0 fully saturated rings. The van der Waals surface area contributed by atoms with Crippen molar-refractivity contribution in [3.63, 3.8) is 0 Å². The highest BCUT2D eigenvalue weighted by molar-refractivity contribution is 7.80. The molecule has 2 aromatic rings. The maximum absolute atomic E-state index is 13.1. The van der Waals surface area contributed by atoms with Crippen molar-refractivity contribution in [2.24, 2.45) is 0 Å². The van der Waals surface area contributed by atoms with E-state index in [1.54, 1.807) is 12.1 Å². The van der Waals surface area contributed by atoms with Crippen molar-refractivity contribution in [2.45, 2.75) is 26.8 Å². The van der Waals surface area contributed by atoms with E-state index in [-0.39, 0.29) is 11.9 Å². The van der Waals surface area contributed by atoms with Gasteiger partial charge >= 0.3 is 0 Å². The van der Waals surface area contributed by atoms with Gasteiger partial charge in [0.15, 0.2) is 5.11 Å². The summed E-state index contributed by atoms with van der Waals surface area (Å²) >= 11 is 5.27. The lowest BCUT2D eigenvalue weighted by atomic mass is 10.0. The SMILES string of the molecule is Cc1ccc([C@@H](C)NC(=S)Nc2cccc(F)c2)cc1C. The first-order valence-electron chi connectivity index (χ1n) is 6.86. The molecule has 2 rings (SSSR count). The van der Waals surface area contributed by atoms with E-state index >= 15 is 0 Å². The van der Waals surface area contributed by atoms with Crippen molar-refractivity contribution in [3.8, 4) is 0 Å². The summed E-state index contributed by atoms with van der Waals surface area (Å²) in [5.74, 6) is -0.287. The van der Waals surface area contributed by atoms with Gasteiger partial charge in [0.1, 0.15) is 5.82 Å². The lowest BCUT2D eigenvalue weighted by Crippen LogP contribution is -2.30. The topological polar surface area (TPSA) is 24.1 Å². The molecule has 21 heavy (non-hydrogen) atoms. The van der Waals surface area contributed by atoms with Crippen molar-refractivity contribution >= 4 is 23.0 Å². The summed E-state index contributed by atoms with van der Waals surface area (Å²) in [6.07, 6.45) is 0. The summed E-state index contributed by atoms with van der Waals surface area (Å²) < 4.78 is 13.1. The summed E-state index contributed by atoms with van der Waals surface area (Å²) in [4.78, 5) is 0. The van der Waals surface area contributed by atoms with Gasteiger partial charge in [0.05, 0.1) is 6.04 Å². The minimum atomic E-state index is -0.287. The van der Waals surface area contributed by atoms with Crippen LogP contribution in [0.1, 0.15) is 29.7 Å². The van der Waals surface area contributed by atoms with Crippen LogP contribution in [0.25, 0.3) is 0 Å². The largest absolute Gasteiger partial charge is 0.356 e. The summed E-state index contributed by atoms with van der Waals surface area (Å²) in [6, 6.07) is 12.7. The quantitative estimate of drug-likeness (QED) is 0.817. The maximum Gasteiger partial charge on any atom is 0.171 e. The Morgan fingerprint density at radius 1 is 1.10 bits per heavy atom. The van der Waals surface area contributed by atoms with Gasteiger partial charge < -0.3 is 10.6 Å². The van der Waals surface area contributed by atoms with Crippen LogP contribution in [0, 0.1) is 19.7 Å². The molecule has 0 spiro atoms. The molecular formula is C17H19FN2S. The number of anilines is 1. The van der Waals surface area contributed by atoms with Gasteiger partial charge in [0, 0.05) is 5.69 Å². The summed E-state index contributed by atoms with van der Waals surface area (Å²) in [7, 11) is 0. The number of hydrogen-bond acceptors (Lipinski definition) is 1. The second-order valence-electron chi connectivity index (χ2n) is 5.17. The Morgan fingerprint density at radius 2 is 1.86 bits per heavy atom. The molecule has 0 saturated heterocycles. The molecule has 0 aromatic heterocycles. The Labute approximate surface area is 130 Å². The van der Waals surface area contributed by atoms with Gasteiger partial charge in [0.2, 0.25) is 0 Å². The highest BCUT2D eigenvalue weighted by Crippen LogP contribution is 2.17. The van der Waals surface area contributed by atoms with Crippen molar-refractivity contribution in [1.29, 1.82) is 0 Å². The van der Waals surface area contributed by atoms with Crippen molar-refractivity contribution in [1.82, 2.24) is 5.32 Å². The Hall–Kier alpha value is -1.94. The first-order valence-corrected chi connectivity index (χ1v) is 7.27. The molecule has 0 aliphatic heterocycles. The number of aryl methyl sites for hydroxylation is 2.